The van der Waals surface area contributed by atoms with Gasteiger partial charge in [-0.25, -0.2) is 0 Å². The molecule has 1 N–H and O–H groups in total. The lowest BCUT2D eigenvalue weighted by Gasteiger charge is -2.17. The van der Waals surface area contributed by atoms with Gasteiger partial charge in [-0.15, -0.1) is 0 Å². The van der Waals surface area contributed by atoms with Crippen molar-refractivity contribution in [3.63, 3.8) is 0 Å². The molecule has 0 saturated carbocycles. The summed E-state index contributed by atoms with van der Waals surface area (Å²) in [6.45, 7) is 10.4. The quantitative estimate of drug-likeness (QED) is 0.919. The van der Waals surface area contributed by atoms with Gasteiger partial charge in [-0.1, -0.05) is 0 Å². The van der Waals surface area contributed by atoms with Crippen LogP contribution in [0.15, 0.2) is 12.1 Å². The molecule has 0 aromatic carbocycles. The van der Waals surface area contributed by atoms with E-state index in [1.165, 1.54) is 11.3 Å². The van der Waals surface area contributed by atoms with Gasteiger partial charge in [0.15, 0.2) is 0 Å². The van der Waals surface area contributed by atoms with Crippen molar-refractivity contribution in [2.45, 2.75) is 40.7 Å². The lowest BCUT2D eigenvalue weighted by atomic mass is 10.1. The van der Waals surface area contributed by atoms with E-state index in [0.717, 1.165) is 22.8 Å². The van der Waals surface area contributed by atoms with Crippen LogP contribution in [0, 0.1) is 27.7 Å². The highest BCUT2D eigenvalue weighted by molar-refractivity contribution is 5.50. The zero-order valence-corrected chi connectivity index (χ0v) is 12.6. The summed E-state index contributed by atoms with van der Waals surface area (Å²) in [5, 5.41) is 8.00. The molecule has 0 saturated heterocycles. The summed E-state index contributed by atoms with van der Waals surface area (Å²) in [6, 6.07) is 4.34. The summed E-state index contributed by atoms with van der Waals surface area (Å²) in [5.41, 5.74) is 6.71. The van der Waals surface area contributed by atoms with Gasteiger partial charge in [-0.2, -0.15) is 5.10 Å². The first kappa shape index (κ1) is 13.6. The molecular weight excluding hydrogens is 236 g/mol. The van der Waals surface area contributed by atoms with Gasteiger partial charge in [0, 0.05) is 24.0 Å². The largest absolute Gasteiger partial charge is 0.377 e. The van der Waals surface area contributed by atoms with E-state index in [2.05, 4.69) is 42.2 Å². The fourth-order valence-corrected chi connectivity index (χ4v) is 2.56. The maximum absolute atomic E-state index is 4.49. The number of hydrogen-bond donors (Lipinski definition) is 1. The van der Waals surface area contributed by atoms with Crippen LogP contribution in [0.25, 0.3) is 0 Å². The number of nitrogens with zero attached hydrogens (tertiary/aromatic N) is 3. The highest BCUT2D eigenvalue weighted by atomic mass is 15.3. The number of anilines is 1. The second-order valence-corrected chi connectivity index (χ2v) is 5.16. The topological polar surface area (TPSA) is 42.7 Å². The Balaban J connectivity index is 2.28. The Labute approximate surface area is 114 Å². The average molecular weight is 258 g/mol. The molecule has 1 atom stereocenters. The van der Waals surface area contributed by atoms with Gasteiger partial charge in [-0.3, -0.25) is 9.67 Å². The number of pyridine rings is 1. The van der Waals surface area contributed by atoms with Gasteiger partial charge in [0.05, 0.1) is 23.1 Å². The van der Waals surface area contributed by atoms with E-state index in [1.54, 1.807) is 0 Å². The molecule has 2 aromatic heterocycles. The molecule has 0 spiro atoms. The zero-order valence-electron chi connectivity index (χ0n) is 12.6. The first-order valence-corrected chi connectivity index (χ1v) is 6.61. The standard InChI is InChI=1S/C15H22N4/c1-9-7-8-14(10(2)16-9)17-11(3)15-12(4)18-19(6)13(15)5/h7-8,11,17H,1-6H3. The fourth-order valence-electron chi connectivity index (χ4n) is 2.56. The second kappa shape index (κ2) is 5.03. The van der Waals surface area contributed by atoms with Gasteiger partial charge in [0.2, 0.25) is 0 Å². The van der Waals surface area contributed by atoms with Crippen LogP contribution in [0.2, 0.25) is 0 Å². The normalized spacial score (nSPS) is 12.5. The van der Waals surface area contributed by atoms with Crippen molar-refractivity contribution < 1.29 is 0 Å². The molecule has 2 aromatic rings. The van der Waals surface area contributed by atoms with Crippen LogP contribution in [0.4, 0.5) is 5.69 Å². The van der Waals surface area contributed by atoms with Gasteiger partial charge in [0.1, 0.15) is 0 Å². The highest BCUT2D eigenvalue weighted by Crippen LogP contribution is 2.25. The van der Waals surface area contributed by atoms with E-state index < -0.39 is 0 Å². The minimum Gasteiger partial charge on any atom is -0.377 e. The van der Waals surface area contributed by atoms with Gasteiger partial charge < -0.3 is 5.32 Å². The molecule has 4 nitrogen and oxygen atoms in total. The molecule has 2 rings (SSSR count). The summed E-state index contributed by atoms with van der Waals surface area (Å²) in [5.74, 6) is 0. The Hall–Kier alpha value is -1.84. The number of aryl methyl sites for hydroxylation is 4. The first-order chi connectivity index (χ1) is 8.90. The van der Waals surface area contributed by atoms with Crippen molar-refractivity contribution in [2.24, 2.45) is 7.05 Å². The van der Waals surface area contributed by atoms with Crippen molar-refractivity contribution in [1.82, 2.24) is 14.8 Å². The summed E-state index contributed by atoms with van der Waals surface area (Å²) >= 11 is 0. The second-order valence-electron chi connectivity index (χ2n) is 5.16. The Kier molecular flexibility index (Phi) is 3.60. The molecular formula is C15H22N4. The third-order valence-corrected chi connectivity index (χ3v) is 3.60. The SMILES string of the molecule is Cc1ccc(NC(C)c2c(C)nn(C)c2C)c(C)n1. The molecule has 19 heavy (non-hydrogen) atoms. The molecule has 0 radical (unpaired) electrons. The Bertz CT molecular complexity index is 598. The average Bonchev–Trinajstić information content (AvgIpc) is 2.57. The fraction of sp³-hybridized carbons (Fsp3) is 0.467. The van der Waals surface area contributed by atoms with Gasteiger partial charge >= 0.3 is 0 Å². The smallest absolute Gasteiger partial charge is 0.0649 e. The Morgan fingerprint density at radius 1 is 1.11 bits per heavy atom. The molecule has 102 valence electrons. The molecule has 1 unspecified atom stereocenters. The van der Waals surface area contributed by atoms with Crippen molar-refractivity contribution in [1.29, 1.82) is 0 Å². The summed E-state index contributed by atoms with van der Waals surface area (Å²) in [7, 11) is 1.98. The lowest BCUT2D eigenvalue weighted by molar-refractivity contribution is 0.728. The number of nitrogens with one attached hydrogen (secondary N) is 1. The Morgan fingerprint density at radius 2 is 1.79 bits per heavy atom. The summed E-state index contributed by atoms with van der Waals surface area (Å²) in [6.07, 6.45) is 0. The van der Waals surface area contributed by atoms with Gasteiger partial charge in [-0.05, 0) is 46.8 Å². The van der Waals surface area contributed by atoms with Crippen LogP contribution in [0.3, 0.4) is 0 Å². The molecule has 0 fully saturated rings. The molecule has 0 aliphatic rings. The van der Waals surface area contributed by atoms with Crippen molar-refractivity contribution >= 4 is 5.69 Å². The number of hydrogen-bond acceptors (Lipinski definition) is 3. The molecule has 0 aliphatic carbocycles. The minimum absolute atomic E-state index is 0.219. The lowest BCUT2D eigenvalue weighted by Crippen LogP contribution is -2.10. The van der Waals surface area contributed by atoms with Crippen LogP contribution in [0.5, 0.6) is 0 Å². The third-order valence-electron chi connectivity index (χ3n) is 3.60. The maximum atomic E-state index is 4.49. The molecule has 4 heteroatoms. The van der Waals surface area contributed by atoms with Crippen molar-refractivity contribution in [2.75, 3.05) is 5.32 Å². The summed E-state index contributed by atoms with van der Waals surface area (Å²) in [4.78, 5) is 4.49. The van der Waals surface area contributed by atoms with Crippen LogP contribution in [-0.2, 0) is 7.05 Å². The summed E-state index contributed by atoms with van der Waals surface area (Å²) < 4.78 is 1.93. The number of aromatic nitrogens is 3. The monoisotopic (exact) mass is 258 g/mol. The van der Waals surface area contributed by atoms with E-state index in [1.807, 2.05) is 31.6 Å². The molecule has 2 heterocycles. The molecule has 0 bridgehead atoms. The van der Waals surface area contributed by atoms with Crippen molar-refractivity contribution in [3.05, 3.63) is 40.5 Å². The molecule has 0 amide bonds. The van der Waals surface area contributed by atoms with E-state index in [-0.39, 0.29) is 6.04 Å². The highest BCUT2D eigenvalue weighted by Gasteiger charge is 2.16. The van der Waals surface area contributed by atoms with Crippen LogP contribution in [0.1, 0.15) is 41.3 Å². The minimum atomic E-state index is 0.219. The molecule has 0 aliphatic heterocycles. The zero-order chi connectivity index (χ0) is 14.2. The predicted molar refractivity (Wildman–Crippen MR) is 78.4 cm³/mol. The number of rotatable bonds is 3. The van der Waals surface area contributed by atoms with E-state index in [0.29, 0.717) is 0 Å². The maximum Gasteiger partial charge on any atom is 0.0649 e. The predicted octanol–water partition coefficient (Wildman–Crippen LogP) is 3.22. The van der Waals surface area contributed by atoms with Crippen LogP contribution < -0.4 is 5.32 Å². The first-order valence-electron chi connectivity index (χ1n) is 6.61. The van der Waals surface area contributed by atoms with Crippen LogP contribution in [-0.4, -0.2) is 14.8 Å². The third kappa shape index (κ3) is 2.62. The van der Waals surface area contributed by atoms with Gasteiger partial charge in [0.25, 0.3) is 0 Å². The van der Waals surface area contributed by atoms with Crippen LogP contribution >= 0.6 is 0 Å². The van der Waals surface area contributed by atoms with E-state index in [4.69, 9.17) is 0 Å². The van der Waals surface area contributed by atoms with E-state index >= 15 is 0 Å². The van der Waals surface area contributed by atoms with Crippen molar-refractivity contribution in [3.8, 4) is 0 Å². The Morgan fingerprint density at radius 3 is 2.32 bits per heavy atom. The van der Waals surface area contributed by atoms with E-state index in [9.17, 15) is 0 Å².